The van der Waals surface area contributed by atoms with Gasteiger partial charge in [0.15, 0.2) is 0 Å². The predicted molar refractivity (Wildman–Crippen MR) is 67.8 cm³/mol. The standard InChI is InChI=1S/C14H21NO/c16-14-9-5-4-8-13(14)15-11-10-12-6-2-1-3-7-12/h4-5,8-9,12,15-16H,1-3,6-7,10-11H2. The average molecular weight is 219 g/mol. The van der Waals surface area contributed by atoms with E-state index in [1.54, 1.807) is 6.07 Å². The molecule has 2 N–H and O–H groups in total. The van der Waals surface area contributed by atoms with Crippen LogP contribution in [0.4, 0.5) is 5.69 Å². The number of nitrogens with one attached hydrogen (secondary N) is 1. The lowest BCUT2D eigenvalue weighted by molar-refractivity contribution is 0.345. The molecule has 0 saturated heterocycles. The van der Waals surface area contributed by atoms with Gasteiger partial charge in [-0.2, -0.15) is 0 Å². The second-order valence-corrected chi connectivity index (χ2v) is 4.74. The maximum Gasteiger partial charge on any atom is 0.138 e. The molecule has 1 aromatic rings. The van der Waals surface area contributed by atoms with Crippen molar-refractivity contribution in [2.24, 2.45) is 5.92 Å². The predicted octanol–water partition coefficient (Wildman–Crippen LogP) is 3.77. The van der Waals surface area contributed by atoms with Crippen molar-refractivity contribution in [3.8, 4) is 5.75 Å². The number of hydrogen-bond donors (Lipinski definition) is 2. The van der Waals surface area contributed by atoms with Crippen LogP contribution in [0, 0.1) is 5.92 Å². The molecule has 2 rings (SSSR count). The minimum absolute atomic E-state index is 0.353. The van der Waals surface area contributed by atoms with Gasteiger partial charge in [-0.3, -0.25) is 0 Å². The van der Waals surface area contributed by atoms with Crippen LogP contribution in [0.3, 0.4) is 0 Å². The van der Waals surface area contributed by atoms with Gasteiger partial charge in [0.1, 0.15) is 5.75 Å². The maximum absolute atomic E-state index is 9.58. The van der Waals surface area contributed by atoms with Crippen LogP contribution in [0.5, 0.6) is 5.75 Å². The van der Waals surface area contributed by atoms with Gasteiger partial charge in [0.25, 0.3) is 0 Å². The molecule has 0 amide bonds. The summed E-state index contributed by atoms with van der Waals surface area (Å²) in [6, 6.07) is 7.45. The summed E-state index contributed by atoms with van der Waals surface area (Å²) in [7, 11) is 0. The summed E-state index contributed by atoms with van der Waals surface area (Å²) in [5.74, 6) is 1.25. The first-order chi connectivity index (χ1) is 7.86. The van der Waals surface area contributed by atoms with E-state index in [9.17, 15) is 5.11 Å². The normalized spacial score (nSPS) is 17.2. The van der Waals surface area contributed by atoms with Crippen LogP contribution in [-0.2, 0) is 0 Å². The monoisotopic (exact) mass is 219 g/mol. The number of benzene rings is 1. The Kier molecular flexibility index (Phi) is 4.09. The fraction of sp³-hybridized carbons (Fsp3) is 0.571. The lowest BCUT2D eigenvalue weighted by atomic mass is 9.87. The second-order valence-electron chi connectivity index (χ2n) is 4.74. The molecule has 1 fully saturated rings. The third-order valence-electron chi connectivity index (χ3n) is 3.50. The summed E-state index contributed by atoms with van der Waals surface area (Å²) >= 11 is 0. The van der Waals surface area contributed by atoms with Crippen LogP contribution < -0.4 is 5.32 Å². The van der Waals surface area contributed by atoms with Gasteiger partial charge in [-0.05, 0) is 24.5 Å². The zero-order valence-electron chi connectivity index (χ0n) is 9.78. The van der Waals surface area contributed by atoms with E-state index in [1.165, 1.54) is 38.5 Å². The molecule has 0 bridgehead atoms. The van der Waals surface area contributed by atoms with Crippen molar-refractivity contribution in [1.82, 2.24) is 0 Å². The highest BCUT2D eigenvalue weighted by Crippen LogP contribution is 2.27. The number of anilines is 1. The van der Waals surface area contributed by atoms with E-state index in [2.05, 4.69) is 5.32 Å². The highest BCUT2D eigenvalue weighted by molar-refractivity contribution is 5.55. The van der Waals surface area contributed by atoms with E-state index >= 15 is 0 Å². The first-order valence-electron chi connectivity index (χ1n) is 6.38. The molecular weight excluding hydrogens is 198 g/mol. The van der Waals surface area contributed by atoms with E-state index in [1.807, 2.05) is 18.2 Å². The summed E-state index contributed by atoms with van der Waals surface area (Å²) in [5, 5.41) is 12.9. The van der Waals surface area contributed by atoms with Crippen molar-refractivity contribution < 1.29 is 5.11 Å². The fourth-order valence-corrected chi connectivity index (χ4v) is 2.51. The van der Waals surface area contributed by atoms with Crippen molar-refractivity contribution in [3.63, 3.8) is 0 Å². The van der Waals surface area contributed by atoms with Gasteiger partial charge in [0.05, 0.1) is 5.69 Å². The molecule has 1 aliphatic carbocycles. The Morgan fingerprint density at radius 2 is 1.88 bits per heavy atom. The lowest BCUT2D eigenvalue weighted by Gasteiger charge is -2.21. The molecule has 0 aromatic heterocycles. The zero-order valence-corrected chi connectivity index (χ0v) is 9.78. The Balaban J connectivity index is 1.73. The van der Waals surface area contributed by atoms with Gasteiger partial charge < -0.3 is 10.4 Å². The SMILES string of the molecule is Oc1ccccc1NCCC1CCCCC1. The Morgan fingerprint density at radius 1 is 1.12 bits per heavy atom. The van der Waals surface area contributed by atoms with E-state index in [0.717, 1.165) is 18.2 Å². The number of hydrogen-bond acceptors (Lipinski definition) is 2. The number of para-hydroxylation sites is 2. The van der Waals surface area contributed by atoms with Crippen LogP contribution in [0.1, 0.15) is 38.5 Å². The number of phenolic OH excluding ortho intramolecular Hbond substituents is 1. The molecule has 0 radical (unpaired) electrons. The maximum atomic E-state index is 9.58. The zero-order chi connectivity index (χ0) is 11.2. The molecule has 0 heterocycles. The molecule has 2 nitrogen and oxygen atoms in total. The van der Waals surface area contributed by atoms with Gasteiger partial charge in [-0.15, -0.1) is 0 Å². The van der Waals surface area contributed by atoms with Crippen LogP contribution >= 0.6 is 0 Å². The molecular formula is C14H21NO. The molecule has 0 unspecified atom stereocenters. The van der Waals surface area contributed by atoms with Gasteiger partial charge in [0.2, 0.25) is 0 Å². The van der Waals surface area contributed by atoms with Crippen LogP contribution in [0.25, 0.3) is 0 Å². The first-order valence-corrected chi connectivity index (χ1v) is 6.38. The number of phenols is 1. The van der Waals surface area contributed by atoms with Crippen LogP contribution in [-0.4, -0.2) is 11.7 Å². The molecule has 88 valence electrons. The van der Waals surface area contributed by atoms with Crippen molar-refractivity contribution in [3.05, 3.63) is 24.3 Å². The summed E-state index contributed by atoms with van der Waals surface area (Å²) in [6.07, 6.45) is 8.24. The largest absolute Gasteiger partial charge is 0.506 e. The summed E-state index contributed by atoms with van der Waals surface area (Å²) in [6.45, 7) is 0.974. The Labute approximate surface area is 97.7 Å². The Hall–Kier alpha value is -1.18. The topological polar surface area (TPSA) is 32.3 Å². The third-order valence-corrected chi connectivity index (χ3v) is 3.50. The number of rotatable bonds is 4. The van der Waals surface area contributed by atoms with Gasteiger partial charge in [-0.25, -0.2) is 0 Å². The first kappa shape index (κ1) is 11.3. The van der Waals surface area contributed by atoms with Crippen LogP contribution in [0.2, 0.25) is 0 Å². The minimum Gasteiger partial charge on any atom is -0.506 e. The van der Waals surface area contributed by atoms with Gasteiger partial charge >= 0.3 is 0 Å². The quantitative estimate of drug-likeness (QED) is 0.755. The van der Waals surface area contributed by atoms with Gasteiger partial charge in [-0.1, -0.05) is 44.2 Å². The molecule has 0 atom stereocenters. The molecule has 1 aromatic carbocycles. The highest BCUT2D eigenvalue weighted by Gasteiger charge is 2.12. The molecule has 0 spiro atoms. The molecule has 0 aliphatic heterocycles. The van der Waals surface area contributed by atoms with E-state index in [0.29, 0.717) is 5.75 Å². The van der Waals surface area contributed by atoms with E-state index in [4.69, 9.17) is 0 Å². The highest BCUT2D eigenvalue weighted by atomic mass is 16.3. The van der Waals surface area contributed by atoms with Crippen molar-refractivity contribution in [1.29, 1.82) is 0 Å². The van der Waals surface area contributed by atoms with Crippen molar-refractivity contribution in [2.75, 3.05) is 11.9 Å². The molecule has 2 heteroatoms. The lowest BCUT2D eigenvalue weighted by Crippen LogP contribution is -2.12. The van der Waals surface area contributed by atoms with Crippen molar-refractivity contribution >= 4 is 5.69 Å². The molecule has 1 aliphatic rings. The minimum atomic E-state index is 0.353. The number of aromatic hydroxyl groups is 1. The third kappa shape index (κ3) is 3.16. The fourth-order valence-electron chi connectivity index (χ4n) is 2.51. The summed E-state index contributed by atoms with van der Waals surface area (Å²) in [5.41, 5.74) is 0.860. The summed E-state index contributed by atoms with van der Waals surface area (Å²) < 4.78 is 0. The Morgan fingerprint density at radius 3 is 2.62 bits per heavy atom. The van der Waals surface area contributed by atoms with Crippen molar-refractivity contribution in [2.45, 2.75) is 38.5 Å². The van der Waals surface area contributed by atoms with Crippen LogP contribution in [0.15, 0.2) is 24.3 Å². The second kappa shape index (κ2) is 5.78. The van der Waals surface area contributed by atoms with Gasteiger partial charge in [0, 0.05) is 6.54 Å². The molecule has 16 heavy (non-hydrogen) atoms. The smallest absolute Gasteiger partial charge is 0.138 e. The summed E-state index contributed by atoms with van der Waals surface area (Å²) in [4.78, 5) is 0. The Bertz CT molecular complexity index is 318. The van der Waals surface area contributed by atoms with E-state index in [-0.39, 0.29) is 0 Å². The molecule has 1 saturated carbocycles. The average Bonchev–Trinajstić information content (AvgIpc) is 2.33. The van der Waals surface area contributed by atoms with E-state index < -0.39 is 0 Å².